The Morgan fingerprint density at radius 3 is 2.68 bits per heavy atom. The van der Waals surface area contributed by atoms with Gasteiger partial charge in [0, 0.05) is 30.6 Å². The van der Waals surface area contributed by atoms with Crippen molar-refractivity contribution in [2.24, 2.45) is 17.8 Å². The molecule has 44 heavy (non-hydrogen) atoms. The molecule has 2 fully saturated rings. The zero-order chi connectivity index (χ0) is 30.6. The Morgan fingerprint density at radius 2 is 1.93 bits per heavy atom. The predicted octanol–water partition coefficient (Wildman–Crippen LogP) is 4.01. The number of nitrogens with zero attached hydrogens (tertiary/aromatic N) is 1. The molecule has 10 nitrogen and oxygen atoms in total. The summed E-state index contributed by atoms with van der Waals surface area (Å²) in [7, 11) is 0. The Bertz CT molecular complexity index is 1470. The third-order valence-electron chi connectivity index (χ3n) is 9.27. The maximum absolute atomic E-state index is 13.6. The van der Waals surface area contributed by atoms with E-state index in [4.69, 9.17) is 18.6 Å². The number of aromatic nitrogens is 1. The van der Waals surface area contributed by atoms with Crippen LogP contribution in [0.5, 0.6) is 11.5 Å². The fourth-order valence-corrected chi connectivity index (χ4v) is 6.82. The summed E-state index contributed by atoms with van der Waals surface area (Å²) in [5, 5.41) is 17.2. The van der Waals surface area contributed by atoms with Gasteiger partial charge in [-0.15, -0.1) is 0 Å². The zero-order valence-electron chi connectivity index (χ0n) is 25.3. The molecular weight excluding hydrogens is 562 g/mol. The summed E-state index contributed by atoms with van der Waals surface area (Å²) in [6.07, 6.45) is 4.38. The van der Waals surface area contributed by atoms with Crippen LogP contribution < -0.4 is 20.1 Å². The quantitative estimate of drug-likeness (QED) is 0.278. The number of hydrogen-bond donors (Lipinski definition) is 3. The number of aryl methyl sites for hydroxylation is 1. The Kier molecular flexibility index (Phi) is 9.30. The van der Waals surface area contributed by atoms with Crippen molar-refractivity contribution >= 4 is 11.7 Å². The van der Waals surface area contributed by atoms with Gasteiger partial charge in [-0.2, -0.15) is 0 Å². The lowest BCUT2D eigenvalue weighted by Gasteiger charge is -2.41. The van der Waals surface area contributed by atoms with Crippen LogP contribution in [0.3, 0.4) is 0 Å². The summed E-state index contributed by atoms with van der Waals surface area (Å²) in [5.74, 6) is 2.02. The van der Waals surface area contributed by atoms with Gasteiger partial charge in [-0.3, -0.25) is 9.59 Å². The monoisotopic (exact) mass is 603 g/mol. The molecule has 0 radical (unpaired) electrons. The van der Waals surface area contributed by atoms with Crippen LogP contribution >= 0.6 is 0 Å². The Labute approximate surface area is 257 Å². The SMILES string of the molecule is CCOc1cc(C(=O)C2C3CCCC2COC3)ccc1C(=O)NC[C@@H](O)[C@@H]1Cc2ccc(OCc3ocnc3C)cc2CN1. The molecule has 234 valence electrons. The van der Waals surface area contributed by atoms with E-state index in [2.05, 4.69) is 15.6 Å². The summed E-state index contributed by atoms with van der Waals surface area (Å²) in [6.45, 7) is 6.30. The van der Waals surface area contributed by atoms with Crippen LogP contribution in [0.1, 0.15) is 69.5 Å². The van der Waals surface area contributed by atoms with Gasteiger partial charge >= 0.3 is 0 Å². The van der Waals surface area contributed by atoms with E-state index in [0.717, 1.165) is 41.8 Å². The summed E-state index contributed by atoms with van der Waals surface area (Å²) in [4.78, 5) is 30.9. The van der Waals surface area contributed by atoms with Crippen LogP contribution in [0.25, 0.3) is 0 Å². The number of rotatable bonds is 11. The van der Waals surface area contributed by atoms with Crippen LogP contribution in [0.4, 0.5) is 0 Å². The van der Waals surface area contributed by atoms with Gasteiger partial charge in [0.15, 0.2) is 17.9 Å². The molecule has 1 saturated heterocycles. The second-order valence-electron chi connectivity index (χ2n) is 12.1. The van der Waals surface area contributed by atoms with Gasteiger partial charge in [0.2, 0.25) is 0 Å². The van der Waals surface area contributed by atoms with E-state index in [0.29, 0.717) is 62.0 Å². The summed E-state index contributed by atoms with van der Waals surface area (Å²) >= 11 is 0. The lowest BCUT2D eigenvalue weighted by molar-refractivity contribution is -0.0444. The average Bonchev–Trinajstić information content (AvgIpc) is 3.45. The maximum Gasteiger partial charge on any atom is 0.255 e. The van der Waals surface area contributed by atoms with Gasteiger partial charge in [-0.1, -0.05) is 18.6 Å². The molecule has 1 aromatic heterocycles. The third kappa shape index (κ3) is 6.52. The third-order valence-corrected chi connectivity index (χ3v) is 9.27. The van der Waals surface area contributed by atoms with Crippen molar-refractivity contribution < 1.29 is 33.3 Å². The number of ether oxygens (including phenoxy) is 3. The number of fused-ring (bicyclic) bond motifs is 3. The number of hydrogen-bond acceptors (Lipinski definition) is 9. The Balaban J connectivity index is 1.05. The minimum absolute atomic E-state index is 0.0439. The lowest BCUT2D eigenvalue weighted by atomic mass is 9.68. The van der Waals surface area contributed by atoms with Crippen molar-refractivity contribution in [3.63, 3.8) is 0 Å². The molecule has 3 heterocycles. The molecule has 3 aliphatic rings. The van der Waals surface area contributed by atoms with Crippen molar-refractivity contribution in [1.82, 2.24) is 15.6 Å². The molecule has 1 amide bonds. The van der Waals surface area contributed by atoms with Crippen molar-refractivity contribution in [3.05, 3.63) is 76.5 Å². The minimum Gasteiger partial charge on any atom is -0.493 e. The van der Waals surface area contributed by atoms with E-state index in [9.17, 15) is 14.7 Å². The molecule has 0 spiro atoms. The van der Waals surface area contributed by atoms with Gasteiger partial charge in [-0.25, -0.2) is 4.98 Å². The molecule has 1 saturated carbocycles. The molecule has 3 aromatic rings. The fourth-order valence-electron chi connectivity index (χ4n) is 6.82. The molecule has 2 unspecified atom stereocenters. The number of Topliss-reactive ketones (excluding diaryl/α,β-unsaturated/α-hetero) is 1. The fraction of sp³-hybridized carbons (Fsp3) is 0.500. The Morgan fingerprint density at radius 1 is 1.11 bits per heavy atom. The highest BCUT2D eigenvalue weighted by atomic mass is 16.5. The molecule has 6 rings (SSSR count). The van der Waals surface area contributed by atoms with Crippen molar-refractivity contribution in [1.29, 1.82) is 0 Å². The second-order valence-corrected chi connectivity index (χ2v) is 12.1. The van der Waals surface area contributed by atoms with Gasteiger partial charge in [0.1, 0.15) is 18.1 Å². The van der Waals surface area contributed by atoms with E-state index in [1.165, 1.54) is 6.39 Å². The van der Waals surface area contributed by atoms with E-state index in [1.807, 2.05) is 32.0 Å². The Hall–Kier alpha value is -3.73. The lowest BCUT2D eigenvalue weighted by Crippen LogP contribution is -2.49. The molecule has 2 bridgehead atoms. The first-order valence-corrected chi connectivity index (χ1v) is 15.6. The zero-order valence-corrected chi connectivity index (χ0v) is 25.3. The number of carbonyl (C=O) groups excluding carboxylic acids is 2. The first kappa shape index (κ1) is 30.3. The molecular formula is C34H41N3O7. The highest BCUT2D eigenvalue weighted by Crippen LogP contribution is 2.41. The van der Waals surface area contributed by atoms with Gasteiger partial charge < -0.3 is 34.4 Å². The number of oxazole rings is 1. The number of benzene rings is 2. The molecule has 10 heteroatoms. The molecule has 1 aliphatic carbocycles. The number of carbonyl (C=O) groups is 2. The van der Waals surface area contributed by atoms with E-state index < -0.39 is 6.10 Å². The van der Waals surface area contributed by atoms with Gasteiger partial charge in [-0.05, 0) is 80.3 Å². The maximum atomic E-state index is 13.6. The van der Waals surface area contributed by atoms with Crippen LogP contribution in [-0.2, 0) is 24.3 Å². The van der Waals surface area contributed by atoms with Crippen molar-refractivity contribution in [3.8, 4) is 11.5 Å². The summed E-state index contributed by atoms with van der Waals surface area (Å²) < 4.78 is 22.8. The number of nitrogens with one attached hydrogen (secondary N) is 2. The van der Waals surface area contributed by atoms with E-state index >= 15 is 0 Å². The topological polar surface area (TPSA) is 132 Å². The van der Waals surface area contributed by atoms with Gasteiger partial charge in [0.05, 0.1) is 37.2 Å². The summed E-state index contributed by atoms with van der Waals surface area (Å²) in [6, 6.07) is 10.8. The van der Waals surface area contributed by atoms with Crippen molar-refractivity contribution in [2.45, 2.75) is 64.8 Å². The highest BCUT2D eigenvalue weighted by Gasteiger charge is 2.41. The van der Waals surface area contributed by atoms with Gasteiger partial charge in [0.25, 0.3) is 5.91 Å². The minimum atomic E-state index is -0.804. The van der Waals surface area contributed by atoms with Crippen LogP contribution in [0, 0.1) is 24.7 Å². The number of amides is 1. The summed E-state index contributed by atoms with van der Waals surface area (Å²) in [5.41, 5.74) is 3.94. The number of aliphatic hydroxyl groups is 1. The van der Waals surface area contributed by atoms with Crippen LogP contribution in [0.2, 0.25) is 0 Å². The standard InChI is InChI=1S/C34H41N3O7/c1-3-42-30-13-22(33(39)32-23-5-4-6-24(32)17-41-16-23)8-10-27(30)34(40)36-15-29(38)28-12-21-7-9-26(11-25(21)14-35-28)43-18-31-20(2)37-19-44-31/h7-11,13,19,23-24,28-29,32,35,38H,3-6,12,14-18H2,1-2H3,(H,36,40)/t23?,24?,28-,29+,32?/m0/s1. The molecule has 2 aromatic carbocycles. The predicted molar refractivity (Wildman–Crippen MR) is 162 cm³/mol. The highest BCUT2D eigenvalue weighted by molar-refractivity contribution is 6.02. The van der Waals surface area contributed by atoms with Crippen molar-refractivity contribution in [2.75, 3.05) is 26.4 Å². The molecule has 4 atom stereocenters. The van der Waals surface area contributed by atoms with Crippen LogP contribution in [0.15, 0.2) is 47.2 Å². The first-order valence-electron chi connectivity index (χ1n) is 15.6. The number of aliphatic hydroxyl groups excluding tert-OH is 1. The average molecular weight is 604 g/mol. The molecule has 2 aliphatic heterocycles. The smallest absolute Gasteiger partial charge is 0.255 e. The van der Waals surface area contributed by atoms with E-state index in [1.54, 1.807) is 18.2 Å². The first-order chi connectivity index (χ1) is 21.4. The largest absolute Gasteiger partial charge is 0.493 e. The normalized spacial score (nSPS) is 23.3. The number of ketones is 1. The molecule has 3 N–H and O–H groups in total. The second kappa shape index (κ2) is 13.5. The van der Waals surface area contributed by atoms with Crippen LogP contribution in [-0.4, -0.2) is 60.3 Å². The van der Waals surface area contributed by atoms with E-state index in [-0.39, 0.29) is 42.0 Å².